The average molecular weight is 339 g/mol. The number of carbonyl (C=O) groups excluding carboxylic acids is 1. The van der Waals surface area contributed by atoms with Crippen LogP contribution in [-0.4, -0.2) is 53.7 Å². The first kappa shape index (κ1) is 15.7. The van der Waals surface area contributed by atoms with Crippen LogP contribution >= 0.6 is 0 Å². The molecule has 7 heteroatoms. The van der Waals surface area contributed by atoms with Crippen LogP contribution in [0.2, 0.25) is 0 Å². The Balaban J connectivity index is 1.36. The molecule has 1 saturated heterocycles. The number of para-hydroxylation sites is 1. The summed E-state index contributed by atoms with van der Waals surface area (Å²) in [7, 11) is 0. The molecular formula is C18H21N5O2. The number of urea groups is 1. The first-order valence-electron chi connectivity index (χ1n) is 8.60. The zero-order valence-electron chi connectivity index (χ0n) is 14.0. The standard InChI is InChI=1S/C18H21N5O2/c24-18(21-15-6-13-25-16-5-2-1-4-14(15)16)23-11-9-22(10-12-23)17-19-7-3-8-20-17/h1-5,7-8,15H,6,9-13H2,(H,21,24). The summed E-state index contributed by atoms with van der Waals surface area (Å²) in [6.07, 6.45) is 4.27. The number of anilines is 1. The van der Waals surface area contributed by atoms with Crippen molar-refractivity contribution in [3.63, 3.8) is 0 Å². The van der Waals surface area contributed by atoms with Gasteiger partial charge in [-0.05, 0) is 12.1 Å². The number of amides is 2. The third kappa shape index (κ3) is 3.35. The molecule has 130 valence electrons. The van der Waals surface area contributed by atoms with E-state index in [2.05, 4.69) is 20.2 Å². The molecule has 7 nitrogen and oxygen atoms in total. The fraction of sp³-hybridized carbons (Fsp3) is 0.389. The lowest BCUT2D eigenvalue weighted by atomic mass is 10.0. The van der Waals surface area contributed by atoms with Crippen LogP contribution in [0, 0.1) is 0 Å². The maximum Gasteiger partial charge on any atom is 0.318 e. The third-order valence-electron chi connectivity index (χ3n) is 4.66. The molecule has 0 saturated carbocycles. The third-order valence-corrected chi connectivity index (χ3v) is 4.66. The number of hydrogen-bond donors (Lipinski definition) is 1. The number of aromatic nitrogens is 2. The van der Waals surface area contributed by atoms with Crippen molar-refractivity contribution >= 4 is 12.0 Å². The van der Waals surface area contributed by atoms with Gasteiger partial charge in [0.2, 0.25) is 5.95 Å². The van der Waals surface area contributed by atoms with Crippen molar-refractivity contribution in [1.82, 2.24) is 20.2 Å². The van der Waals surface area contributed by atoms with Gasteiger partial charge in [0.05, 0.1) is 12.6 Å². The zero-order chi connectivity index (χ0) is 17.1. The van der Waals surface area contributed by atoms with Crippen LogP contribution in [0.15, 0.2) is 42.7 Å². The van der Waals surface area contributed by atoms with Crippen LogP contribution in [0.25, 0.3) is 0 Å². The first-order chi connectivity index (χ1) is 12.3. The number of hydrogen-bond acceptors (Lipinski definition) is 5. The van der Waals surface area contributed by atoms with Gasteiger partial charge in [-0.15, -0.1) is 0 Å². The summed E-state index contributed by atoms with van der Waals surface area (Å²) >= 11 is 0. The highest BCUT2D eigenvalue weighted by molar-refractivity contribution is 5.75. The van der Waals surface area contributed by atoms with E-state index in [0.717, 1.165) is 36.8 Å². The predicted octanol–water partition coefficient (Wildman–Crippen LogP) is 1.83. The Hall–Kier alpha value is -2.83. The van der Waals surface area contributed by atoms with Crippen molar-refractivity contribution in [3.8, 4) is 5.75 Å². The number of nitrogens with one attached hydrogen (secondary N) is 1. The molecule has 1 atom stereocenters. The molecule has 25 heavy (non-hydrogen) atoms. The molecule has 0 spiro atoms. The smallest absolute Gasteiger partial charge is 0.318 e. The molecule has 2 aliphatic heterocycles. The molecule has 1 aromatic heterocycles. The van der Waals surface area contributed by atoms with Crippen molar-refractivity contribution in [2.24, 2.45) is 0 Å². The van der Waals surface area contributed by atoms with Gasteiger partial charge >= 0.3 is 6.03 Å². The molecule has 3 heterocycles. The normalized spacial score (nSPS) is 19.8. The molecule has 2 amide bonds. The average Bonchev–Trinajstić information content (AvgIpc) is 2.69. The van der Waals surface area contributed by atoms with Crippen LogP contribution in [0.1, 0.15) is 18.0 Å². The van der Waals surface area contributed by atoms with E-state index in [4.69, 9.17) is 4.74 Å². The Morgan fingerprint density at radius 2 is 1.84 bits per heavy atom. The molecule has 1 N–H and O–H groups in total. The van der Waals surface area contributed by atoms with E-state index < -0.39 is 0 Å². The highest BCUT2D eigenvalue weighted by Crippen LogP contribution is 2.31. The Kier molecular flexibility index (Phi) is 4.37. The van der Waals surface area contributed by atoms with Gasteiger partial charge in [0.1, 0.15) is 5.75 Å². The zero-order valence-corrected chi connectivity index (χ0v) is 14.0. The minimum absolute atomic E-state index is 0.00735. The summed E-state index contributed by atoms with van der Waals surface area (Å²) in [5.74, 6) is 1.59. The minimum Gasteiger partial charge on any atom is -0.493 e. The lowest BCUT2D eigenvalue weighted by Crippen LogP contribution is -2.53. The Labute approximate surface area is 146 Å². The van der Waals surface area contributed by atoms with Gasteiger partial charge in [-0.25, -0.2) is 14.8 Å². The highest BCUT2D eigenvalue weighted by Gasteiger charge is 2.27. The molecule has 0 aliphatic carbocycles. The molecule has 2 aromatic rings. The first-order valence-corrected chi connectivity index (χ1v) is 8.60. The number of benzene rings is 1. The van der Waals surface area contributed by atoms with Gasteiger partial charge < -0.3 is 19.9 Å². The van der Waals surface area contributed by atoms with Crippen LogP contribution in [0.5, 0.6) is 5.75 Å². The monoisotopic (exact) mass is 339 g/mol. The van der Waals surface area contributed by atoms with E-state index >= 15 is 0 Å². The Morgan fingerprint density at radius 3 is 2.64 bits per heavy atom. The number of fused-ring (bicyclic) bond motifs is 1. The van der Waals surface area contributed by atoms with Gasteiger partial charge in [0.15, 0.2) is 0 Å². The molecule has 0 radical (unpaired) electrons. The topological polar surface area (TPSA) is 70.6 Å². The van der Waals surface area contributed by atoms with Crippen molar-refractivity contribution < 1.29 is 9.53 Å². The van der Waals surface area contributed by atoms with Gasteiger partial charge in [0, 0.05) is 50.6 Å². The Morgan fingerprint density at radius 1 is 1.08 bits per heavy atom. The number of nitrogens with zero attached hydrogens (tertiary/aromatic N) is 4. The summed E-state index contributed by atoms with van der Waals surface area (Å²) < 4.78 is 5.66. The lowest BCUT2D eigenvalue weighted by molar-refractivity contribution is 0.183. The number of ether oxygens (including phenoxy) is 1. The second-order valence-electron chi connectivity index (χ2n) is 6.20. The van der Waals surface area contributed by atoms with E-state index in [1.165, 1.54) is 0 Å². The van der Waals surface area contributed by atoms with E-state index in [9.17, 15) is 4.79 Å². The quantitative estimate of drug-likeness (QED) is 0.904. The lowest BCUT2D eigenvalue weighted by Gasteiger charge is -2.36. The minimum atomic E-state index is -0.0182. The van der Waals surface area contributed by atoms with Gasteiger partial charge in [0.25, 0.3) is 0 Å². The second kappa shape index (κ2) is 6.96. The molecule has 4 rings (SSSR count). The summed E-state index contributed by atoms with van der Waals surface area (Å²) in [5, 5.41) is 3.16. The molecule has 1 fully saturated rings. The van der Waals surface area contributed by atoms with Gasteiger partial charge in [-0.2, -0.15) is 0 Å². The second-order valence-corrected chi connectivity index (χ2v) is 6.20. The van der Waals surface area contributed by atoms with Crippen molar-refractivity contribution in [2.45, 2.75) is 12.5 Å². The predicted molar refractivity (Wildman–Crippen MR) is 93.6 cm³/mol. The number of rotatable bonds is 2. The molecule has 1 unspecified atom stereocenters. The maximum atomic E-state index is 12.6. The van der Waals surface area contributed by atoms with Gasteiger partial charge in [-0.1, -0.05) is 18.2 Å². The fourth-order valence-electron chi connectivity index (χ4n) is 3.30. The van der Waals surface area contributed by atoms with E-state index in [-0.39, 0.29) is 12.1 Å². The summed E-state index contributed by atoms with van der Waals surface area (Å²) in [6, 6.07) is 9.69. The van der Waals surface area contributed by atoms with E-state index in [0.29, 0.717) is 19.7 Å². The molecule has 0 bridgehead atoms. The van der Waals surface area contributed by atoms with Crippen molar-refractivity contribution in [2.75, 3.05) is 37.7 Å². The van der Waals surface area contributed by atoms with Crippen LogP contribution in [-0.2, 0) is 0 Å². The molecule has 1 aromatic carbocycles. The highest BCUT2D eigenvalue weighted by atomic mass is 16.5. The maximum absolute atomic E-state index is 12.6. The Bertz CT molecular complexity index is 731. The molecular weight excluding hydrogens is 318 g/mol. The van der Waals surface area contributed by atoms with Gasteiger partial charge in [-0.3, -0.25) is 0 Å². The molecule has 2 aliphatic rings. The van der Waals surface area contributed by atoms with E-state index in [1.54, 1.807) is 18.5 Å². The van der Waals surface area contributed by atoms with Crippen molar-refractivity contribution in [1.29, 1.82) is 0 Å². The number of piperazine rings is 1. The van der Waals surface area contributed by atoms with Crippen LogP contribution < -0.4 is 15.0 Å². The number of carbonyl (C=O) groups is 1. The SMILES string of the molecule is O=C(NC1CCOc2ccccc21)N1CCN(c2ncccn2)CC1. The fourth-order valence-corrected chi connectivity index (χ4v) is 3.30. The van der Waals surface area contributed by atoms with Crippen molar-refractivity contribution in [3.05, 3.63) is 48.3 Å². The summed E-state index contributed by atoms with van der Waals surface area (Å²) in [4.78, 5) is 25.2. The summed E-state index contributed by atoms with van der Waals surface area (Å²) in [6.45, 7) is 3.43. The largest absolute Gasteiger partial charge is 0.493 e. The van der Waals surface area contributed by atoms with E-state index in [1.807, 2.05) is 29.2 Å². The summed E-state index contributed by atoms with van der Waals surface area (Å²) in [5.41, 5.74) is 1.05. The van der Waals surface area contributed by atoms with Crippen LogP contribution in [0.4, 0.5) is 10.7 Å². The van der Waals surface area contributed by atoms with Crippen LogP contribution in [0.3, 0.4) is 0 Å².